The fraction of sp³-hybridized carbons (Fsp3) is 0.333. The van der Waals surface area contributed by atoms with Crippen LogP contribution in [0.15, 0.2) is 59.9 Å². The van der Waals surface area contributed by atoms with E-state index in [1.807, 2.05) is 42.5 Å². The summed E-state index contributed by atoms with van der Waals surface area (Å²) in [5.74, 6) is -0.785. The summed E-state index contributed by atoms with van der Waals surface area (Å²) in [6, 6.07) is 14.2. The molecule has 1 N–H and O–H groups in total. The molecule has 3 rings (SSSR count). The second-order valence-electron chi connectivity index (χ2n) is 8.16. The number of aliphatic hydroxyl groups is 1. The summed E-state index contributed by atoms with van der Waals surface area (Å²) < 4.78 is 5.48. The fourth-order valence-electron chi connectivity index (χ4n) is 3.66. The number of hydrogen-bond donors (Lipinski definition) is 1. The van der Waals surface area contributed by atoms with Gasteiger partial charge in [-0.3, -0.25) is 14.5 Å². The van der Waals surface area contributed by atoms with Crippen molar-refractivity contribution in [2.45, 2.75) is 45.6 Å². The van der Waals surface area contributed by atoms with Gasteiger partial charge in [-0.25, -0.2) is 0 Å². The Kier molecular flexibility index (Phi) is 5.51. The highest BCUT2D eigenvalue weighted by Crippen LogP contribution is 2.44. The van der Waals surface area contributed by atoms with Gasteiger partial charge in [0.2, 0.25) is 0 Å². The summed E-state index contributed by atoms with van der Waals surface area (Å²) in [7, 11) is 1.54. The lowest BCUT2D eigenvalue weighted by Crippen LogP contribution is -2.31. The van der Waals surface area contributed by atoms with Gasteiger partial charge in [-0.15, -0.1) is 0 Å². The first-order chi connectivity index (χ1) is 13.7. The molecule has 1 unspecified atom stereocenters. The zero-order valence-corrected chi connectivity index (χ0v) is 17.5. The van der Waals surface area contributed by atoms with E-state index in [0.29, 0.717) is 17.0 Å². The number of hydrogen-bond acceptors (Lipinski definition) is 4. The molecule has 0 aliphatic carbocycles. The molecule has 5 nitrogen and oxygen atoms in total. The Morgan fingerprint density at radius 1 is 1.10 bits per heavy atom. The van der Waals surface area contributed by atoms with Crippen LogP contribution in [0.4, 0.5) is 5.69 Å². The number of benzene rings is 2. The molecule has 5 heteroatoms. The molecular weight excluding hydrogens is 366 g/mol. The maximum atomic E-state index is 13.0. The van der Waals surface area contributed by atoms with E-state index in [1.54, 1.807) is 20.1 Å². The summed E-state index contributed by atoms with van der Waals surface area (Å²) in [5.41, 5.74) is 2.48. The van der Waals surface area contributed by atoms with Crippen LogP contribution in [0.3, 0.4) is 0 Å². The van der Waals surface area contributed by atoms with Gasteiger partial charge >= 0.3 is 0 Å². The maximum Gasteiger partial charge on any atom is 0.294 e. The lowest BCUT2D eigenvalue weighted by atomic mass is 9.87. The number of ketones is 1. The third kappa shape index (κ3) is 3.65. The molecule has 0 saturated carbocycles. The molecule has 1 heterocycles. The molecule has 1 amide bonds. The number of anilines is 1. The van der Waals surface area contributed by atoms with Crippen LogP contribution in [0.5, 0.6) is 5.75 Å². The van der Waals surface area contributed by atoms with Crippen molar-refractivity contribution >= 4 is 17.4 Å². The average molecular weight is 393 g/mol. The Balaban J connectivity index is 2.17. The van der Waals surface area contributed by atoms with Crippen molar-refractivity contribution in [2.75, 3.05) is 12.0 Å². The van der Waals surface area contributed by atoms with Crippen molar-refractivity contribution < 1.29 is 19.4 Å². The van der Waals surface area contributed by atoms with E-state index in [0.717, 1.165) is 5.56 Å². The van der Waals surface area contributed by atoms with Crippen LogP contribution < -0.4 is 9.64 Å². The van der Waals surface area contributed by atoms with Crippen LogP contribution in [-0.2, 0) is 15.0 Å². The summed E-state index contributed by atoms with van der Waals surface area (Å²) in [4.78, 5) is 27.2. The van der Waals surface area contributed by atoms with E-state index in [4.69, 9.17) is 4.74 Å². The molecule has 1 aliphatic rings. The molecule has 2 aromatic rings. The van der Waals surface area contributed by atoms with Gasteiger partial charge in [0.15, 0.2) is 11.5 Å². The van der Waals surface area contributed by atoms with Crippen molar-refractivity contribution in [1.29, 1.82) is 0 Å². The maximum absolute atomic E-state index is 13.0. The number of ether oxygens (including phenoxy) is 1. The minimum atomic E-state index is -0.744. The molecule has 152 valence electrons. The van der Waals surface area contributed by atoms with Crippen molar-refractivity contribution in [2.24, 2.45) is 0 Å². The van der Waals surface area contributed by atoms with Crippen molar-refractivity contribution in [3.05, 3.63) is 71.0 Å². The minimum absolute atomic E-state index is 0.0284. The van der Waals surface area contributed by atoms with Gasteiger partial charge in [0.25, 0.3) is 5.91 Å². The Hall–Kier alpha value is -3.08. The Morgan fingerprint density at radius 2 is 1.72 bits per heavy atom. The number of para-hydroxylation sites is 1. The zero-order valence-electron chi connectivity index (χ0n) is 17.5. The van der Waals surface area contributed by atoms with Crippen LogP contribution in [-0.4, -0.2) is 23.9 Å². The standard InChI is InChI=1S/C24H27NO4/c1-6-18(26)20-21(17-9-7-8-10-19(17)29-5)25(23(28)22(20)27)16-13-11-15(12-14-16)24(2,3)4/h7-14,21,27H,6H2,1-5H3. The number of carbonyl (C=O) groups is 2. The molecular formula is C24H27NO4. The number of rotatable bonds is 5. The van der Waals surface area contributed by atoms with Crippen molar-refractivity contribution in [3.8, 4) is 5.75 Å². The molecule has 0 radical (unpaired) electrons. The number of amides is 1. The molecule has 0 bridgehead atoms. The molecule has 2 aromatic carbocycles. The zero-order chi connectivity index (χ0) is 21.3. The van der Waals surface area contributed by atoms with E-state index in [1.165, 1.54) is 4.90 Å². The predicted molar refractivity (Wildman–Crippen MR) is 113 cm³/mol. The predicted octanol–water partition coefficient (Wildman–Crippen LogP) is 4.87. The highest BCUT2D eigenvalue weighted by Gasteiger charge is 2.44. The van der Waals surface area contributed by atoms with Crippen LogP contribution in [0.25, 0.3) is 0 Å². The summed E-state index contributed by atoms with van der Waals surface area (Å²) in [6.07, 6.45) is 0.190. The van der Waals surface area contributed by atoms with E-state index < -0.39 is 17.7 Å². The van der Waals surface area contributed by atoms with Gasteiger partial charge in [-0.1, -0.05) is 58.0 Å². The summed E-state index contributed by atoms with van der Waals surface area (Å²) in [5, 5.41) is 10.6. The lowest BCUT2D eigenvalue weighted by Gasteiger charge is -2.28. The normalized spacial score (nSPS) is 17.1. The van der Waals surface area contributed by atoms with Gasteiger partial charge in [0.1, 0.15) is 5.75 Å². The van der Waals surface area contributed by atoms with Crippen LogP contribution >= 0.6 is 0 Å². The number of methoxy groups -OCH3 is 1. The smallest absolute Gasteiger partial charge is 0.294 e. The van der Waals surface area contributed by atoms with Crippen LogP contribution in [0, 0.1) is 0 Å². The molecule has 29 heavy (non-hydrogen) atoms. The minimum Gasteiger partial charge on any atom is -0.503 e. The highest BCUT2D eigenvalue weighted by molar-refractivity contribution is 6.16. The van der Waals surface area contributed by atoms with E-state index in [-0.39, 0.29) is 23.2 Å². The third-order valence-corrected chi connectivity index (χ3v) is 5.27. The van der Waals surface area contributed by atoms with Gasteiger partial charge in [0.05, 0.1) is 18.7 Å². The van der Waals surface area contributed by atoms with E-state index in [2.05, 4.69) is 20.8 Å². The van der Waals surface area contributed by atoms with Gasteiger partial charge in [-0.05, 0) is 29.2 Å². The van der Waals surface area contributed by atoms with Crippen molar-refractivity contribution in [1.82, 2.24) is 0 Å². The largest absolute Gasteiger partial charge is 0.503 e. The lowest BCUT2D eigenvalue weighted by molar-refractivity contribution is -0.118. The van der Waals surface area contributed by atoms with Gasteiger partial charge in [-0.2, -0.15) is 0 Å². The topological polar surface area (TPSA) is 66.8 Å². The summed E-state index contributed by atoms with van der Waals surface area (Å²) in [6.45, 7) is 8.07. The molecule has 0 fully saturated rings. The Bertz CT molecular complexity index is 967. The number of aliphatic hydroxyl groups excluding tert-OH is 1. The van der Waals surface area contributed by atoms with Crippen LogP contribution in [0.1, 0.15) is 51.3 Å². The second kappa shape index (κ2) is 7.74. The molecule has 1 aliphatic heterocycles. The molecule has 0 spiro atoms. The summed E-state index contributed by atoms with van der Waals surface area (Å²) >= 11 is 0. The first-order valence-electron chi connectivity index (χ1n) is 9.74. The van der Waals surface area contributed by atoms with E-state index in [9.17, 15) is 14.7 Å². The monoisotopic (exact) mass is 393 g/mol. The fourth-order valence-corrected chi connectivity index (χ4v) is 3.66. The van der Waals surface area contributed by atoms with E-state index >= 15 is 0 Å². The first-order valence-corrected chi connectivity index (χ1v) is 9.74. The molecule has 0 aromatic heterocycles. The third-order valence-electron chi connectivity index (χ3n) is 5.27. The Morgan fingerprint density at radius 3 is 2.28 bits per heavy atom. The van der Waals surface area contributed by atoms with Gasteiger partial charge < -0.3 is 9.84 Å². The molecule has 1 atom stereocenters. The number of nitrogens with zero attached hydrogens (tertiary/aromatic N) is 1. The highest BCUT2D eigenvalue weighted by atomic mass is 16.5. The SMILES string of the molecule is CCC(=O)C1=C(O)C(=O)N(c2ccc(C(C)(C)C)cc2)C1c1ccccc1OC. The Labute approximate surface area is 171 Å². The number of Topliss-reactive ketones (excluding diaryl/α,β-unsaturated/α-hetero) is 1. The molecule has 0 saturated heterocycles. The van der Waals surface area contributed by atoms with Crippen molar-refractivity contribution in [3.63, 3.8) is 0 Å². The van der Waals surface area contributed by atoms with Crippen LogP contribution in [0.2, 0.25) is 0 Å². The quantitative estimate of drug-likeness (QED) is 0.787. The first kappa shape index (κ1) is 20.6. The van der Waals surface area contributed by atoms with Gasteiger partial charge in [0, 0.05) is 17.7 Å². The average Bonchev–Trinajstić information content (AvgIpc) is 2.97. The number of carbonyl (C=O) groups excluding carboxylic acids is 2. The second-order valence-corrected chi connectivity index (χ2v) is 8.16.